The molecule has 0 saturated carbocycles. The van der Waals surface area contributed by atoms with E-state index in [2.05, 4.69) is 31.1 Å². The molecule has 0 spiro atoms. The first-order valence-corrected chi connectivity index (χ1v) is 15.2. The number of carboxylic acid groups (broad SMARTS) is 1. The third-order valence-electron chi connectivity index (χ3n) is 7.03. The molecule has 6 rings (SSSR count). The fourth-order valence-corrected chi connectivity index (χ4v) is 7.20. The molecule has 3 amide bonds. The number of aryl methyl sites for hydroxylation is 1. The summed E-state index contributed by atoms with van der Waals surface area (Å²) in [6, 6.07) is 11.0. The van der Waals surface area contributed by atoms with E-state index in [1.54, 1.807) is 55.6 Å². The summed E-state index contributed by atoms with van der Waals surface area (Å²) in [5.41, 5.74) is 0.275. The van der Waals surface area contributed by atoms with E-state index in [1.807, 2.05) is 0 Å². The van der Waals surface area contributed by atoms with Gasteiger partial charge in [-0.2, -0.15) is 0 Å². The predicted octanol–water partition coefficient (Wildman–Crippen LogP) is 0.220. The van der Waals surface area contributed by atoms with Crippen LogP contribution in [0, 0.1) is 0 Å². The number of carbonyl (C=O) groups excluding carboxylic acids is 3. The number of hydrogen-bond donors (Lipinski definition) is 3. The SMILES string of the molecule is Cn1nnnc1SCC1=C(C(=O)O)N2C(=O)C(NC(=O)C(NC(=O)c3cnc4ccccn4c3=O)c3ccccc3)[C@H]2SC1. The number of pyridine rings is 1. The van der Waals surface area contributed by atoms with E-state index < -0.39 is 46.7 Å². The van der Waals surface area contributed by atoms with Crippen molar-refractivity contribution in [2.24, 2.45) is 7.05 Å². The first-order valence-electron chi connectivity index (χ1n) is 13.1. The van der Waals surface area contributed by atoms with Crippen LogP contribution in [0.15, 0.2) is 82.1 Å². The summed E-state index contributed by atoms with van der Waals surface area (Å²) in [6.45, 7) is 0. The van der Waals surface area contributed by atoms with Gasteiger partial charge in [-0.15, -0.1) is 16.9 Å². The van der Waals surface area contributed by atoms with E-state index in [1.165, 1.54) is 43.7 Å². The normalized spacial score (nSPS) is 18.4. The summed E-state index contributed by atoms with van der Waals surface area (Å²) in [4.78, 5) is 70.7. The summed E-state index contributed by atoms with van der Waals surface area (Å²) >= 11 is 2.56. The summed E-state index contributed by atoms with van der Waals surface area (Å²) in [7, 11) is 1.66. The van der Waals surface area contributed by atoms with E-state index in [-0.39, 0.29) is 17.0 Å². The molecule has 1 saturated heterocycles. The zero-order valence-electron chi connectivity index (χ0n) is 22.9. The number of hydrogen-bond acceptors (Lipinski definition) is 11. The number of β-lactam (4-membered cyclic amide) rings is 1. The lowest BCUT2D eigenvalue weighted by Gasteiger charge is -2.49. The third-order valence-corrected chi connectivity index (χ3v) is 9.47. The number of benzene rings is 1. The predicted molar refractivity (Wildman–Crippen MR) is 157 cm³/mol. The lowest BCUT2D eigenvalue weighted by molar-refractivity contribution is -0.151. The van der Waals surface area contributed by atoms with Crippen LogP contribution in [0.5, 0.6) is 0 Å². The van der Waals surface area contributed by atoms with Gasteiger partial charge >= 0.3 is 5.97 Å². The minimum absolute atomic E-state index is 0.135. The maximum Gasteiger partial charge on any atom is 0.352 e. The maximum atomic E-state index is 13.6. The highest BCUT2D eigenvalue weighted by Gasteiger charge is 2.54. The van der Waals surface area contributed by atoms with Crippen LogP contribution in [-0.4, -0.2) is 86.2 Å². The van der Waals surface area contributed by atoms with Crippen molar-refractivity contribution in [3.63, 3.8) is 0 Å². The number of carboxylic acids is 1. The number of nitrogens with zero attached hydrogens (tertiary/aromatic N) is 7. The molecule has 15 nitrogen and oxygen atoms in total. The van der Waals surface area contributed by atoms with E-state index >= 15 is 0 Å². The molecular formula is C27H23N9O6S2. The lowest BCUT2D eigenvalue weighted by Crippen LogP contribution is -2.71. The van der Waals surface area contributed by atoms with Crippen molar-refractivity contribution in [2.45, 2.75) is 22.6 Å². The van der Waals surface area contributed by atoms with E-state index in [0.29, 0.717) is 27.7 Å². The summed E-state index contributed by atoms with van der Waals surface area (Å²) in [5.74, 6) is -2.82. The van der Waals surface area contributed by atoms with Gasteiger partial charge in [0, 0.05) is 30.9 Å². The highest BCUT2D eigenvalue weighted by Crippen LogP contribution is 2.41. The Morgan fingerprint density at radius 3 is 2.64 bits per heavy atom. The van der Waals surface area contributed by atoms with Crippen LogP contribution in [0.4, 0.5) is 0 Å². The van der Waals surface area contributed by atoms with Crippen LogP contribution in [0.2, 0.25) is 0 Å². The van der Waals surface area contributed by atoms with Gasteiger partial charge in [0.2, 0.25) is 11.1 Å². The number of fused-ring (bicyclic) bond motifs is 2. The molecule has 3 aromatic heterocycles. The highest BCUT2D eigenvalue weighted by atomic mass is 32.2. The molecule has 1 aromatic carbocycles. The van der Waals surface area contributed by atoms with E-state index in [9.17, 15) is 29.1 Å². The highest BCUT2D eigenvalue weighted by molar-refractivity contribution is 8.01. The molecule has 44 heavy (non-hydrogen) atoms. The van der Waals surface area contributed by atoms with Crippen molar-refractivity contribution in [1.82, 2.24) is 45.1 Å². The smallest absolute Gasteiger partial charge is 0.352 e. The van der Waals surface area contributed by atoms with Crippen molar-refractivity contribution in [3.8, 4) is 0 Å². The molecule has 2 aliphatic rings. The first-order chi connectivity index (χ1) is 21.2. The molecule has 5 heterocycles. The number of amides is 3. The molecule has 2 unspecified atom stereocenters. The summed E-state index contributed by atoms with van der Waals surface area (Å²) in [5, 5.41) is 26.3. The Labute approximate surface area is 256 Å². The van der Waals surface area contributed by atoms with Crippen molar-refractivity contribution in [3.05, 3.63) is 93.7 Å². The Balaban J connectivity index is 1.21. The quantitative estimate of drug-likeness (QED) is 0.168. The molecule has 1 fully saturated rings. The van der Waals surface area contributed by atoms with Gasteiger partial charge in [0.05, 0.1) is 0 Å². The number of rotatable bonds is 9. The number of carbonyl (C=O) groups is 4. The number of thioether (sulfide) groups is 2. The Bertz CT molecular complexity index is 1890. The Kier molecular flexibility index (Phi) is 7.88. The molecule has 3 N–H and O–H groups in total. The largest absolute Gasteiger partial charge is 0.477 e. The monoisotopic (exact) mass is 633 g/mol. The number of nitrogens with one attached hydrogen (secondary N) is 2. The van der Waals surface area contributed by atoms with Gasteiger partial charge in [0.25, 0.3) is 17.4 Å². The second-order valence-corrected chi connectivity index (χ2v) is 11.8. The van der Waals surface area contributed by atoms with E-state index in [0.717, 1.165) is 6.20 Å². The van der Waals surface area contributed by atoms with Crippen LogP contribution in [0.3, 0.4) is 0 Å². The van der Waals surface area contributed by atoms with E-state index in [4.69, 9.17) is 0 Å². The second kappa shape index (κ2) is 11.9. The standard InChI is InChI=1S/C27H23N9O6S2/c1-34-27(31-32-33-34)44-13-15-12-43-25-19(24(40)36(25)20(15)26(41)42)30-22(38)18(14-7-3-2-4-8-14)29-21(37)16-11-28-17-9-5-6-10-35(17)23(16)39/h2-11,18-19,25H,12-13H2,1H3,(H,29,37)(H,30,38)(H,41,42)/t18?,19?,25-/m1/s1. The van der Waals surface area contributed by atoms with Crippen LogP contribution < -0.4 is 16.2 Å². The van der Waals surface area contributed by atoms with Gasteiger partial charge in [-0.3, -0.25) is 28.5 Å². The molecule has 4 aromatic rings. The number of aromatic nitrogens is 6. The molecule has 224 valence electrons. The summed E-state index contributed by atoms with van der Waals surface area (Å²) in [6.07, 6.45) is 2.63. The molecular weight excluding hydrogens is 610 g/mol. The average Bonchev–Trinajstić information content (AvgIpc) is 3.45. The second-order valence-electron chi connectivity index (χ2n) is 9.75. The van der Waals surface area contributed by atoms with Gasteiger partial charge in [0.15, 0.2) is 0 Å². The van der Waals surface area contributed by atoms with Gasteiger partial charge < -0.3 is 15.7 Å². The Morgan fingerprint density at radius 1 is 1.14 bits per heavy atom. The molecule has 2 aliphatic heterocycles. The lowest BCUT2D eigenvalue weighted by atomic mass is 10.0. The fourth-order valence-electron chi connectivity index (χ4n) is 4.86. The van der Waals surface area contributed by atoms with Gasteiger partial charge in [0.1, 0.15) is 34.4 Å². The number of tetrazole rings is 1. The maximum absolute atomic E-state index is 13.6. The van der Waals surface area contributed by atoms with Crippen molar-refractivity contribution >= 4 is 52.9 Å². The zero-order valence-corrected chi connectivity index (χ0v) is 24.5. The van der Waals surface area contributed by atoms with Crippen molar-refractivity contribution in [2.75, 3.05) is 11.5 Å². The minimum atomic E-state index is -1.27. The number of aliphatic carboxylic acids is 1. The van der Waals surface area contributed by atoms with Crippen LogP contribution in [-0.2, 0) is 21.4 Å². The van der Waals surface area contributed by atoms with Gasteiger partial charge in [-0.25, -0.2) is 14.5 Å². The Hall–Kier alpha value is -5.03. The topological polar surface area (TPSA) is 194 Å². The van der Waals surface area contributed by atoms with Crippen LogP contribution in [0.25, 0.3) is 5.65 Å². The molecule has 3 atom stereocenters. The van der Waals surface area contributed by atoms with Crippen LogP contribution in [0.1, 0.15) is 22.0 Å². The fraction of sp³-hybridized carbons (Fsp3) is 0.222. The zero-order chi connectivity index (χ0) is 31.0. The summed E-state index contributed by atoms with van der Waals surface area (Å²) < 4.78 is 2.68. The molecule has 0 radical (unpaired) electrons. The molecule has 0 aliphatic carbocycles. The first kappa shape index (κ1) is 29.1. The average molecular weight is 634 g/mol. The van der Waals surface area contributed by atoms with Crippen LogP contribution >= 0.6 is 23.5 Å². The molecule has 0 bridgehead atoms. The minimum Gasteiger partial charge on any atom is -0.477 e. The van der Waals surface area contributed by atoms with Crippen molar-refractivity contribution in [1.29, 1.82) is 0 Å². The van der Waals surface area contributed by atoms with Gasteiger partial charge in [-0.1, -0.05) is 48.2 Å². The Morgan fingerprint density at radius 2 is 1.91 bits per heavy atom. The van der Waals surface area contributed by atoms with Gasteiger partial charge in [-0.05, 0) is 33.7 Å². The van der Waals surface area contributed by atoms with Crippen molar-refractivity contribution < 1.29 is 24.3 Å². The molecule has 17 heteroatoms. The third kappa shape index (κ3) is 5.30.